The van der Waals surface area contributed by atoms with Crippen molar-refractivity contribution in [3.05, 3.63) is 29.8 Å². The Kier molecular flexibility index (Phi) is 3.70. The molecule has 0 radical (unpaired) electrons. The highest BCUT2D eigenvalue weighted by atomic mass is 16.2. The monoisotopic (exact) mass is 286 g/mol. The van der Waals surface area contributed by atoms with Gasteiger partial charge in [0.2, 0.25) is 11.8 Å². The lowest BCUT2D eigenvalue weighted by Crippen LogP contribution is -2.46. The highest BCUT2D eigenvalue weighted by Gasteiger charge is 2.40. The van der Waals surface area contributed by atoms with Crippen LogP contribution in [0, 0.1) is 11.8 Å². The van der Waals surface area contributed by atoms with Crippen LogP contribution in [-0.4, -0.2) is 17.9 Å². The maximum absolute atomic E-state index is 13.0. The third-order valence-corrected chi connectivity index (χ3v) is 4.89. The first kappa shape index (κ1) is 14.1. The Morgan fingerprint density at radius 1 is 1.14 bits per heavy atom. The van der Waals surface area contributed by atoms with Gasteiger partial charge < -0.3 is 10.6 Å². The zero-order chi connectivity index (χ0) is 15.0. The molecule has 2 aliphatic rings. The van der Waals surface area contributed by atoms with E-state index in [9.17, 15) is 9.59 Å². The van der Waals surface area contributed by atoms with Crippen molar-refractivity contribution in [3.63, 3.8) is 0 Å². The number of carbonyl (C=O) groups excluding carboxylic acids is 2. The van der Waals surface area contributed by atoms with Crippen molar-refractivity contribution in [3.8, 4) is 0 Å². The number of nitrogens with two attached hydrogens (primary N) is 1. The molecule has 1 aliphatic carbocycles. The van der Waals surface area contributed by atoms with Crippen LogP contribution in [0.4, 0.5) is 5.69 Å². The average molecular weight is 286 g/mol. The fourth-order valence-electron chi connectivity index (χ4n) is 3.85. The molecule has 0 spiro atoms. The highest BCUT2D eigenvalue weighted by molar-refractivity contribution is 6.00. The van der Waals surface area contributed by atoms with E-state index in [0.717, 1.165) is 37.8 Å². The minimum atomic E-state index is -0.326. The second kappa shape index (κ2) is 5.51. The van der Waals surface area contributed by atoms with Gasteiger partial charge in [0, 0.05) is 17.6 Å². The smallest absolute Gasteiger partial charge is 0.231 e. The van der Waals surface area contributed by atoms with Crippen LogP contribution in [0.25, 0.3) is 0 Å². The van der Waals surface area contributed by atoms with Gasteiger partial charge in [-0.25, -0.2) is 0 Å². The van der Waals surface area contributed by atoms with Gasteiger partial charge in [-0.3, -0.25) is 9.59 Å². The van der Waals surface area contributed by atoms with E-state index in [1.165, 1.54) is 5.56 Å². The second-order valence-electron chi connectivity index (χ2n) is 6.29. The molecule has 1 fully saturated rings. The second-order valence-corrected chi connectivity index (χ2v) is 6.29. The number of nitrogens with zero attached hydrogens (tertiary/aromatic N) is 1. The predicted molar refractivity (Wildman–Crippen MR) is 81.7 cm³/mol. The molecule has 1 aliphatic heterocycles. The van der Waals surface area contributed by atoms with Gasteiger partial charge in [0.15, 0.2) is 0 Å². The number of hydrogen-bond donors (Lipinski definition) is 1. The van der Waals surface area contributed by atoms with Gasteiger partial charge in [0.05, 0.1) is 5.92 Å². The Labute approximate surface area is 125 Å². The Morgan fingerprint density at radius 2 is 1.81 bits per heavy atom. The first-order chi connectivity index (χ1) is 10.1. The van der Waals surface area contributed by atoms with Crippen LogP contribution in [0.15, 0.2) is 24.3 Å². The molecular formula is C17H22N2O2. The lowest BCUT2D eigenvalue weighted by Gasteiger charge is -2.33. The number of carbonyl (C=O) groups is 2. The molecular weight excluding hydrogens is 264 g/mol. The Morgan fingerprint density at radius 3 is 2.52 bits per heavy atom. The molecule has 2 amide bonds. The van der Waals surface area contributed by atoms with Gasteiger partial charge in [-0.1, -0.05) is 31.0 Å². The lowest BCUT2D eigenvalue weighted by molar-refractivity contribution is -0.133. The van der Waals surface area contributed by atoms with Crippen molar-refractivity contribution in [1.29, 1.82) is 0 Å². The molecule has 3 atom stereocenters. The maximum Gasteiger partial charge on any atom is 0.231 e. The number of fused-ring (bicyclic) bond motifs is 1. The summed E-state index contributed by atoms with van der Waals surface area (Å²) in [6, 6.07) is 8.20. The van der Waals surface area contributed by atoms with Gasteiger partial charge in [0.1, 0.15) is 0 Å². The number of para-hydroxylation sites is 1. The number of amides is 2. The molecule has 0 aromatic heterocycles. The van der Waals surface area contributed by atoms with Crippen LogP contribution in [-0.2, 0) is 16.0 Å². The van der Waals surface area contributed by atoms with Gasteiger partial charge >= 0.3 is 0 Å². The van der Waals surface area contributed by atoms with E-state index in [1.807, 2.05) is 23.1 Å². The van der Waals surface area contributed by atoms with Gasteiger partial charge in [0.25, 0.3) is 0 Å². The normalized spacial score (nSPS) is 28.2. The summed E-state index contributed by atoms with van der Waals surface area (Å²) in [6.07, 6.45) is 4.40. The number of rotatable bonds is 2. The summed E-state index contributed by atoms with van der Waals surface area (Å²) in [4.78, 5) is 26.6. The number of anilines is 1. The fourth-order valence-corrected chi connectivity index (χ4v) is 3.85. The van der Waals surface area contributed by atoms with Gasteiger partial charge in [-0.15, -0.1) is 0 Å². The van der Waals surface area contributed by atoms with Crippen LogP contribution in [0.5, 0.6) is 0 Å². The number of benzene rings is 1. The summed E-state index contributed by atoms with van der Waals surface area (Å²) in [5, 5.41) is 0. The van der Waals surface area contributed by atoms with Crippen LogP contribution in [0.3, 0.4) is 0 Å². The van der Waals surface area contributed by atoms with E-state index in [4.69, 9.17) is 5.73 Å². The summed E-state index contributed by atoms with van der Waals surface area (Å²) >= 11 is 0. The highest BCUT2D eigenvalue weighted by Crippen LogP contribution is 2.37. The minimum absolute atomic E-state index is 0.0796. The molecule has 1 aromatic carbocycles. The topological polar surface area (TPSA) is 63.4 Å². The molecule has 1 heterocycles. The van der Waals surface area contributed by atoms with Crippen LogP contribution >= 0.6 is 0 Å². The van der Waals surface area contributed by atoms with Crippen molar-refractivity contribution >= 4 is 17.5 Å². The third kappa shape index (κ3) is 2.43. The Balaban J connectivity index is 1.89. The van der Waals surface area contributed by atoms with Crippen molar-refractivity contribution < 1.29 is 9.59 Å². The fraction of sp³-hybridized carbons (Fsp3) is 0.529. The van der Waals surface area contributed by atoms with E-state index in [2.05, 4.69) is 13.0 Å². The molecule has 4 nitrogen and oxygen atoms in total. The van der Waals surface area contributed by atoms with E-state index >= 15 is 0 Å². The summed E-state index contributed by atoms with van der Waals surface area (Å²) in [5.74, 6) is -0.791. The predicted octanol–water partition coefficient (Wildman–Crippen LogP) is 2.26. The quantitative estimate of drug-likeness (QED) is 0.906. The number of hydrogen-bond acceptors (Lipinski definition) is 2. The minimum Gasteiger partial charge on any atom is -0.369 e. The zero-order valence-corrected chi connectivity index (χ0v) is 12.4. The molecule has 2 N–H and O–H groups in total. The first-order valence-electron chi connectivity index (χ1n) is 7.80. The summed E-state index contributed by atoms with van der Waals surface area (Å²) < 4.78 is 0. The van der Waals surface area contributed by atoms with Crippen LogP contribution in [0.2, 0.25) is 0 Å². The van der Waals surface area contributed by atoms with Crippen molar-refractivity contribution in [2.75, 3.05) is 4.90 Å². The molecule has 0 unspecified atom stereocenters. The van der Waals surface area contributed by atoms with Gasteiger partial charge in [-0.2, -0.15) is 0 Å². The maximum atomic E-state index is 13.0. The molecule has 0 bridgehead atoms. The van der Waals surface area contributed by atoms with Crippen molar-refractivity contribution in [1.82, 2.24) is 0 Å². The zero-order valence-electron chi connectivity index (χ0n) is 12.4. The molecule has 4 heteroatoms. The molecule has 3 rings (SSSR count). The summed E-state index contributed by atoms with van der Waals surface area (Å²) in [7, 11) is 0. The molecule has 0 saturated heterocycles. The standard InChI is InChI=1S/C17H22N2O2/c1-11-10-12-6-2-5-9-15(12)19(11)17(21)14-8-4-3-7-13(14)16(18)20/h2,5-6,9,11,13-14H,3-4,7-8,10H2,1H3,(H2,18,20)/t11-,13-,14-/m1/s1. The molecule has 112 valence electrons. The first-order valence-corrected chi connectivity index (χ1v) is 7.80. The largest absolute Gasteiger partial charge is 0.369 e. The Bertz CT molecular complexity index is 570. The van der Waals surface area contributed by atoms with Crippen molar-refractivity contribution in [2.45, 2.75) is 45.1 Å². The third-order valence-electron chi connectivity index (χ3n) is 4.89. The number of primary amides is 1. The summed E-state index contributed by atoms with van der Waals surface area (Å²) in [5.41, 5.74) is 7.73. The van der Waals surface area contributed by atoms with E-state index in [1.54, 1.807) is 0 Å². The van der Waals surface area contributed by atoms with E-state index < -0.39 is 0 Å². The Hall–Kier alpha value is -1.84. The summed E-state index contributed by atoms with van der Waals surface area (Å²) in [6.45, 7) is 2.07. The lowest BCUT2D eigenvalue weighted by atomic mass is 9.78. The van der Waals surface area contributed by atoms with E-state index in [-0.39, 0.29) is 29.7 Å². The van der Waals surface area contributed by atoms with Crippen LogP contribution in [0.1, 0.15) is 38.2 Å². The SMILES string of the molecule is C[C@@H]1Cc2ccccc2N1C(=O)[C@@H]1CCCC[C@H]1C(N)=O. The van der Waals surface area contributed by atoms with Crippen molar-refractivity contribution in [2.24, 2.45) is 17.6 Å². The average Bonchev–Trinajstić information content (AvgIpc) is 2.82. The van der Waals surface area contributed by atoms with Crippen LogP contribution < -0.4 is 10.6 Å². The molecule has 1 aromatic rings. The van der Waals surface area contributed by atoms with Gasteiger partial charge in [-0.05, 0) is 37.8 Å². The molecule has 1 saturated carbocycles. The van der Waals surface area contributed by atoms with E-state index in [0.29, 0.717) is 0 Å². The molecule has 21 heavy (non-hydrogen) atoms.